The monoisotopic (exact) mass is 391 g/mol. The second kappa shape index (κ2) is 9.10. The van der Waals surface area contributed by atoms with Crippen LogP contribution in [0, 0.1) is 13.8 Å². The van der Waals surface area contributed by atoms with Crippen molar-refractivity contribution in [3.63, 3.8) is 0 Å². The highest BCUT2D eigenvalue weighted by Crippen LogP contribution is 2.14. The van der Waals surface area contributed by atoms with Crippen molar-refractivity contribution in [2.24, 2.45) is 0 Å². The van der Waals surface area contributed by atoms with E-state index in [-0.39, 0.29) is 18.4 Å². The number of aryl methyl sites for hydroxylation is 3. The normalized spacial score (nSPS) is 10.4. The fourth-order valence-electron chi connectivity index (χ4n) is 2.93. The Hall–Kier alpha value is -3.54. The van der Waals surface area contributed by atoms with Crippen LogP contribution in [0.5, 0.6) is 5.75 Å². The second-order valence-electron chi connectivity index (χ2n) is 6.81. The zero-order valence-electron chi connectivity index (χ0n) is 16.9. The summed E-state index contributed by atoms with van der Waals surface area (Å²) in [7, 11) is 0. The molecule has 0 fully saturated rings. The average Bonchev–Trinajstić information content (AvgIpc) is 3.04. The number of nitrogens with one attached hydrogen (secondary N) is 2. The van der Waals surface area contributed by atoms with Gasteiger partial charge in [-0.05, 0) is 74.4 Å². The largest absolute Gasteiger partial charge is 0.484 e. The molecule has 6 heteroatoms. The highest BCUT2D eigenvalue weighted by molar-refractivity contribution is 6.00. The van der Waals surface area contributed by atoms with E-state index in [2.05, 4.69) is 17.7 Å². The number of rotatable bonds is 7. The summed E-state index contributed by atoms with van der Waals surface area (Å²) in [6, 6.07) is 18.3. The van der Waals surface area contributed by atoms with Gasteiger partial charge in [-0.25, -0.2) is 0 Å². The maximum atomic E-state index is 12.4. The van der Waals surface area contributed by atoms with E-state index < -0.39 is 0 Å². The second-order valence-corrected chi connectivity index (χ2v) is 6.81. The van der Waals surface area contributed by atoms with Gasteiger partial charge in [0.25, 0.3) is 11.8 Å². The molecule has 0 unspecified atom stereocenters. The summed E-state index contributed by atoms with van der Waals surface area (Å²) in [5.41, 5.74) is 7.17. The van der Waals surface area contributed by atoms with E-state index in [0.29, 0.717) is 11.3 Å². The molecule has 0 saturated carbocycles. The Kier molecular flexibility index (Phi) is 6.34. The third-order valence-electron chi connectivity index (χ3n) is 4.59. The lowest BCUT2D eigenvalue weighted by Gasteiger charge is -2.12. The average molecular weight is 391 g/mol. The number of amides is 2. The first-order valence-electron chi connectivity index (χ1n) is 9.54. The SMILES string of the molecule is CCc1cccc(NC(=O)COc2ccc(C(=O)Nn3c(C)ccc3C)cc2)c1. The van der Waals surface area contributed by atoms with Crippen LogP contribution >= 0.6 is 0 Å². The molecule has 0 radical (unpaired) electrons. The van der Waals surface area contributed by atoms with Crippen LogP contribution in [0.2, 0.25) is 0 Å². The molecule has 2 N–H and O–H groups in total. The van der Waals surface area contributed by atoms with Crippen LogP contribution in [0.3, 0.4) is 0 Å². The molecule has 0 aliphatic rings. The van der Waals surface area contributed by atoms with Gasteiger partial charge in [0.15, 0.2) is 6.61 Å². The maximum absolute atomic E-state index is 12.4. The number of carbonyl (C=O) groups excluding carboxylic acids is 2. The molecule has 3 rings (SSSR count). The molecule has 150 valence electrons. The van der Waals surface area contributed by atoms with Gasteiger partial charge >= 0.3 is 0 Å². The highest BCUT2D eigenvalue weighted by Gasteiger charge is 2.10. The first-order chi connectivity index (χ1) is 14.0. The summed E-state index contributed by atoms with van der Waals surface area (Å²) in [5, 5.41) is 2.82. The van der Waals surface area contributed by atoms with Gasteiger partial charge in [-0.2, -0.15) is 0 Å². The van der Waals surface area contributed by atoms with E-state index in [1.54, 1.807) is 28.9 Å². The predicted octanol–water partition coefficient (Wildman–Crippen LogP) is 4.07. The van der Waals surface area contributed by atoms with Crippen LogP contribution in [0.1, 0.15) is 34.2 Å². The number of aromatic nitrogens is 1. The number of hydrogen-bond acceptors (Lipinski definition) is 3. The van der Waals surface area contributed by atoms with Gasteiger partial charge in [-0.1, -0.05) is 19.1 Å². The zero-order valence-corrected chi connectivity index (χ0v) is 16.9. The van der Waals surface area contributed by atoms with Crippen molar-refractivity contribution in [1.29, 1.82) is 0 Å². The van der Waals surface area contributed by atoms with Crippen molar-refractivity contribution >= 4 is 17.5 Å². The van der Waals surface area contributed by atoms with Crippen LogP contribution in [0.15, 0.2) is 60.7 Å². The van der Waals surface area contributed by atoms with Gasteiger partial charge in [0.2, 0.25) is 0 Å². The van der Waals surface area contributed by atoms with Crippen LogP contribution in [-0.4, -0.2) is 23.1 Å². The molecule has 1 aromatic heterocycles. The Bertz CT molecular complexity index is 987. The number of nitrogens with zero attached hydrogens (tertiary/aromatic N) is 1. The van der Waals surface area contributed by atoms with Gasteiger partial charge in [-0.3, -0.25) is 19.7 Å². The first-order valence-corrected chi connectivity index (χ1v) is 9.54. The molecule has 3 aromatic rings. The van der Waals surface area contributed by atoms with Crippen LogP contribution in [0.4, 0.5) is 5.69 Å². The molecule has 0 aliphatic heterocycles. The van der Waals surface area contributed by atoms with Gasteiger partial charge < -0.3 is 10.1 Å². The molecule has 2 amide bonds. The van der Waals surface area contributed by atoms with Crippen LogP contribution in [0.25, 0.3) is 0 Å². The van der Waals surface area contributed by atoms with Crippen molar-refractivity contribution in [3.05, 3.63) is 83.2 Å². The van der Waals surface area contributed by atoms with E-state index in [4.69, 9.17) is 4.74 Å². The molecule has 29 heavy (non-hydrogen) atoms. The van der Waals surface area contributed by atoms with Crippen LogP contribution < -0.4 is 15.5 Å². The van der Waals surface area contributed by atoms with Gasteiger partial charge in [0, 0.05) is 22.6 Å². The van der Waals surface area contributed by atoms with Crippen molar-refractivity contribution in [2.75, 3.05) is 17.3 Å². The number of carbonyl (C=O) groups is 2. The van der Waals surface area contributed by atoms with Crippen molar-refractivity contribution in [2.45, 2.75) is 27.2 Å². The van der Waals surface area contributed by atoms with E-state index >= 15 is 0 Å². The minimum atomic E-state index is -0.237. The van der Waals surface area contributed by atoms with Crippen LogP contribution in [-0.2, 0) is 11.2 Å². The van der Waals surface area contributed by atoms with Crippen molar-refractivity contribution in [3.8, 4) is 5.75 Å². The summed E-state index contributed by atoms with van der Waals surface area (Å²) >= 11 is 0. The molecular weight excluding hydrogens is 366 g/mol. The fourth-order valence-corrected chi connectivity index (χ4v) is 2.93. The number of hydrogen-bond donors (Lipinski definition) is 2. The molecule has 0 spiro atoms. The molecule has 0 saturated heterocycles. The highest BCUT2D eigenvalue weighted by atomic mass is 16.5. The molecule has 2 aromatic carbocycles. The standard InChI is InChI=1S/C23H25N3O3/c1-4-18-6-5-7-20(14-18)24-22(27)15-29-21-12-10-19(11-13-21)23(28)25-26-16(2)8-9-17(26)3/h5-14H,4,15H2,1-3H3,(H,24,27)(H,25,28). The van der Waals surface area contributed by atoms with E-state index in [9.17, 15) is 9.59 Å². The summed E-state index contributed by atoms with van der Waals surface area (Å²) in [4.78, 5) is 24.5. The Morgan fingerprint density at radius 3 is 2.31 bits per heavy atom. The van der Waals surface area contributed by atoms with E-state index in [1.807, 2.05) is 50.2 Å². The Balaban J connectivity index is 1.53. The fraction of sp³-hybridized carbons (Fsp3) is 0.217. The summed E-state index contributed by atoms with van der Waals surface area (Å²) in [6.45, 7) is 5.81. The van der Waals surface area contributed by atoms with Crippen molar-refractivity contribution < 1.29 is 14.3 Å². The maximum Gasteiger partial charge on any atom is 0.270 e. The molecule has 0 atom stereocenters. The Morgan fingerprint density at radius 1 is 0.966 bits per heavy atom. The Morgan fingerprint density at radius 2 is 1.66 bits per heavy atom. The van der Waals surface area contributed by atoms with Gasteiger partial charge in [-0.15, -0.1) is 0 Å². The number of ether oxygens (including phenoxy) is 1. The molecular formula is C23H25N3O3. The van der Waals surface area contributed by atoms with Gasteiger partial charge in [0.1, 0.15) is 5.75 Å². The molecule has 0 aliphatic carbocycles. The predicted molar refractivity (Wildman–Crippen MR) is 114 cm³/mol. The quantitative estimate of drug-likeness (QED) is 0.638. The third-order valence-corrected chi connectivity index (χ3v) is 4.59. The number of anilines is 1. The topological polar surface area (TPSA) is 72.4 Å². The van der Waals surface area contributed by atoms with E-state index in [0.717, 1.165) is 29.1 Å². The summed E-state index contributed by atoms with van der Waals surface area (Å²) in [5.74, 6) is 0.0680. The number of benzene rings is 2. The summed E-state index contributed by atoms with van der Waals surface area (Å²) < 4.78 is 7.27. The lowest BCUT2D eigenvalue weighted by molar-refractivity contribution is -0.118. The molecule has 1 heterocycles. The minimum Gasteiger partial charge on any atom is -0.484 e. The zero-order chi connectivity index (χ0) is 20.8. The van der Waals surface area contributed by atoms with E-state index in [1.165, 1.54) is 0 Å². The smallest absolute Gasteiger partial charge is 0.270 e. The third kappa shape index (κ3) is 5.25. The minimum absolute atomic E-state index is 0.107. The van der Waals surface area contributed by atoms with Gasteiger partial charge in [0.05, 0.1) is 0 Å². The summed E-state index contributed by atoms with van der Waals surface area (Å²) in [6.07, 6.45) is 0.906. The first kappa shape index (κ1) is 20.2. The lowest BCUT2D eigenvalue weighted by Crippen LogP contribution is -2.24. The lowest BCUT2D eigenvalue weighted by atomic mass is 10.1. The van der Waals surface area contributed by atoms with Crippen molar-refractivity contribution in [1.82, 2.24) is 4.68 Å². The Labute approximate surface area is 170 Å². The molecule has 0 bridgehead atoms. The molecule has 6 nitrogen and oxygen atoms in total.